The van der Waals surface area contributed by atoms with Crippen molar-refractivity contribution in [1.29, 1.82) is 0 Å². The van der Waals surface area contributed by atoms with Crippen molar-refractivity contribution in [3.63, 3.8) is 0 Å². The quantitative estimate of drug-likeness (QED) is 0.781. The Hall–Kier alpha value is -1.91. The summed E-state index contributed by atoms with van der Waals surface area (Å²) in [5, 5.41) is 1.86. The highest BCUT2D eigenvalue weighted by molar-refractivity contribution is 7.79. The third kappa shape index (κ3) is 4.09. The van der Waals surface area contributed by atoms with Gasteiger partial charge in [-0.1, -0.05) is 49.5 Å². The van der Waals surface area contributed by atoms with Gasteiger partial charge in [-0.15, -0.1) is 0 Å². The van der Waals surface area contributed by atoms with Crippen LogP contribution in [0.5, 0.6) is 0 Å². The Bertz CT molecular complexity index is 680. The Kier molecular flexibility index (Phi) is 5.26. The highest BCUT2D eigenvalue weighted by Gasteiger charge is 2.14. The minimum absolute atomic E-state index is 0.477. The largest absolute Gasteiger partial charge is 0.299 e. The molecule has 0 spiro atoms. The summed E-state index contributed by atoms with van der Waals surface area (Å²) < 4.78 is 0. The van der Waals surface area contributed by atoms with Gasteiger partial charge in [-0.25, -0.2) is 9.97 Å². The first-order valence-electron chi connectivity index (χ1n) is 8.01. The van der Waals surface area contributed by atoms with Gasteiger partial charge in [0.2, 0.25) is 0 Å². The average Bonchev–Trinajstić information content (AvgIpc) is 2.63. The molecule has 3 rings (SSSR count). The lowest BCUT2D eigenvalue weighted by atomic mass is 9.98. The molecule has 1 atom stereocenters. The van der Waals surface area contributed by atoms with Crippen molar-refractivity contribution >= 4 is 23.2 Å². The van der Waals surface area contributed by atoms with Crippen LogP contribution in [0.4, 0.5) is 0 Å². The number of hydrogen-bond acceptors (Lipinski definition) is 4. The van der Waals surface area contributed by atoms with Gasteiger partial charge in [0.1, 0.15) is 0 Å². The van der Waals surface area contributed by atoms with Crippen molar-refractivity contribution in [2.45, 2.75) is 13.3 Å². The van der Waals surface area contributed by atoms with Crippen molar-refractivity contribution in [1.82, 2.24) is 14.9 Å². The molecule has 4 heteroatoms. The summed E-state index contributed by atoms with van der Waals surface area (Å²) in [7, 11) is 0. The smallest absolute Gasteiger partial charge is 0.159 e. The first kappa shape index (κ1) is 16.0. The maximum Gasteiger partial charge on any atom is 0.159 e. The van der Waals surface area contributed by atoms with E-state index in [0.29, 0.717) is 5.92 Å². The van der Waals surface area contributed by atoms with Crippen LogP contribution in [0.25, 0.3) is 17.0 Å². The van der Waals surface area contributed by atoms with E-state index >= 15 is 0 Å². The van der Waals surface area contributed by atoms with Crippen molar-refractivity contribution in [2.24, 2.45) is 5.92 Å². The molecule has 0 radical (unpaired) electrons. The molecular weight excluding hydrogens is 302 g/mol. The van der Waals surface area contributed by atoms with Crippen molar-refractivity contribution in [3.8, 4) is 11.4 Å². The molecule has 0 saturated heterocycles. The highest BCUT2D eigenvalue weighted by Crippen LogP contribution is 2.24. The molecule has 2 aromatic rings. The first-order valence-corrected chi connectivity index (χ1v) is 8.48. The normalized spacial score (nSPS) is 16.7. The van der Waals surface area contributed by atoms with Gasteiger partial charge in [0.05, 0.1) is 0 Å². The average molecular weight is 323 g/mol. The molecule has 1 aromatic heterocycles. The van der Waals surface area contributed by atoms with Crippen LogP contribution in [0.15, 0.2) is 48.8 Å². The molecule has 0 bridgehead atoms. The lowest BCUT2D eigenvalue weighted by Gasteiger charge is -2.27. The predicted octanol–water partition coefficient (Wildman–Crippen LogP) is 3.87. The van der Waals surface area contributed by atoms with Gasteiger partial charge in [0, 0.05) is 37.6 Å². The summed E-state index contributed by atoms with van der Waals surface area (Å²) in [5.74, 6) is 1.25. The fraction of sp³-hybridized carbons (Fsp3) is 0.316. The molecule has 2 heterocycles. The molecule has 0 aliphatic carbocycles. The lowest BCUT2D eigenvalue weighted by molar-refractivity contribution is 0.287. The van der Waals surface area contributed by atoms with Gasteiger partial charge in [-0.05, 0) is 34.9 Å². The highest BCUT2D eigenvalue weighted by atomic mass is 32.1. The molecule has 0 saturated carbocycles. The van der Waals surface area contributed by atoms with E-state index in [1.807, 2.05) is 11.4 Å². The van der Waals surface area contributed by atoms with Gasteiger partial charge in [0.25, 0.3) is 0 Å². The van der Waals surface area contributed by atoms with Crippen LogP contribution in [0, 0.1) is 5.92 Å². The van der Waals surface area contributed by atoms with Gasteiger partial charge >= 0.3 is 0 Å². The standard InChI is InChI=1S/C19H21N3S/c1-15(14-23)13-22-11-7-17(8-12-22)16-3-5-18(6-4-16)19-20-9-2-10-21-19/h2-7,9-10,14-15H,8,11-13H2,1H3. The number of hydrogen-bond donors (Lipinski definition) is 0. The van der Waals surface area contributed by atoms with Crippen LogP contribution < -0.4 is 0 Å². The lowest BCUT2D eigenvalue weighted by Crippen LogP contribution is -2.32. The molecule has 1 aromatic carbocycles. The molecule has 0 N–H and O–H groups in total. The third-order valence-electron chi connectivity index (χ3n) is 4.15. The Balaban J connectivity index is 1.68. The second-order valence-corrected chi connectivity index (χ2v) is 6.27. The number of rotatable bonds is 5. The summed E-state index contributed by atoms with van der Waals surface area (Å²) in [6.45, 7) is 5.34. The van der Waals surface area contributed by atoms with Gasteiger partial charge < -0.3 is 0 Å². The molecule has 0 amide bonds. The summed E-state index contributed by atoms with van der Waals surface area (Å²) in [5.41, 5.74) is 3.78. The van der Waals surface area contributed by atoms with Crippen LogP contribution >= 0.6 is 12.2 Å². The second-order valence-electron chi connectivity index (χ2n) is 6.00. The van der Waals surface area contributed by atoms with Crippen molar-refractivity contribution in [2.75, 3.05) is 19.6 Å². The number of thiocarbonyl (C=S) groups is 1. The zero-order chi connectivity index (χ0) is 16.1. The summed E-state index contributed by atoms with van der Waals surface area (Å²) in [4.78, 5) is 11.0. The third-order valence-corrected chi connectivity index (χ3v) is 4.62. The van der Waals surface area contributed by atoms with E-state index in [4.69, 9.17) is 12.2 Å². The molecule has 1 aliphatic heterocycles. The number of aromatic nitrogens is 2. The molecule has 118 valence electrons. The topological polar surface area (TPSA) is 29.0 Å². The summed E-state index contributed by atoms with van der Waals surface area (Å²) in [6.07, 6.45) is 6.98. The zero-order valence-corrected chi connectivity index (χ0v) is 14.2. The molecule has 23 heavy (non-hydrogen) atoms. The second kappa shape index (κ2) is 7.57. The van der Waals surface area contributed by atoms with Gasteiger partial charge in [-0.2, -0.15) is 0 Å². The molecular formula is C19H21N3S. The van der Waals surface area contributed by atoms with Crippen LogP contribution in [0.1, 0.15) is 18.9 Å². The summed E-state index contributed by atoms with van der Waals surface area (Å²) in [6, 6.07) is 10.4. The fourth-order valence-corrected chi connectivity index (χ4v) is 2.96. The molecule has 3 nitrogen and oxygen atoms in total. The maximum absolute atomic E-state index is 5.02. The SMILES string of the molecule is CC(C=S)CN1CC=C(c2ccc(-c3ncccn3)cc2)CC1. The van der Waals surface area contributed by atoms with E-state index in [2.05, 4.69) is 52.1 Å². The van der Waals surface area contributed by atoms with Crippen molar-refractivity contribution < 1.29 is 0 Å². The number of nitrogens with zero attached hydrogens (tertiary/aromatic N) is 3. The van der Waals surface area contributed by atoms with E-state index in [9.17, 15) is 0 Å². The van der Waals surface area contributed by atoms with Crippen LogP contribution in [0.2, 0.25) is 0 Å². The van der Waals surface area contributed by atoms with Crippen LogP contribution in [-0.4, -0.2) is 39.9 Å². The van der Waals surface area contributed by atoms with Crippen LogP contribution in [-0.2, 0) is 0 Å². The molecule has 1 aliphatic rings. The van der Waals surface area contributed by atoms with E-state index in [-0.39, 0.29) is 0 Å². The zero-order valence-electron chi connectivity index (χ0n) is 13.4. The van der Waals surface area contributed by atoms with Gasteiger partial charge in [0.15, 0.2) is 5.82 Å². The van der Waals surface area contributed by atoms with Crippen LogP contribution in [0.3, 0.4) is 0 Å². The van der Waals surface area contributed by atoms with E-state index in [1.165, 1.54) is 11.1 Å². The first-order chi connectivity index (χ1) is 11.3. The maximum atomic E-state index is 5.02. The fourth-order valence-electron chi connectivity index (χ4n) is 2.87. The minimum atomic E-state index is 0.477. The van der Waals surface area contributed by atoms with Crippen molar-refractivity contribution in [3.05, 3.63) is 54.4 Å². The molecule has 0 fully saturated rings. The number of benzene rings is 1. The summed E-state index contributed by atoms with van der Waals surface area (Å²) >= 11 is 5.02. The Labute approximate surface area is 143 Å². The Morgan fingerprint density at radius 2 is 1.87 bits per heavy atom. The molecule has 1 unspecified atom stereocenters. The Morgan fingerprint density at radius 1 is 1.17 bits per heavy atom. The Morgan fingerprint density at radius 3 is 2.48 bits per heavy atom. The predicted molar refractivity (Wildman–Crippen MR) is 99.3 cm³/mol. The van der Waals surface area contributed by atoms with E-state index in [0.717, 1.165) is 37.4 Å². The van der Waals surface area contributed by atoms with E-state index < -0.39 is 0 Å². The van der Waals surface area contributed by atoms with Gasteiger partial charge in [-0.3, -0.25) is 4.90 Å². The minimum Gasteiger partial charge on any atom is -0.299 e. The monoisotopic (exact) mass is 323 g/mol. The van der Waals surface area contributed by atoms with E-state index in [1.54, 1.807) is 12.4 Å².